The first-order chi connectivity index (χ1) is 8.79. The molecule has 0 saturated carbocycles. The number of rotatable bonds is 7. The zero-order valence-electron chi connectivity index (χ0n) is 12.1. The van der Waals surface area contributed by atoms with Gasteiger partial charge in [0.2, 0.25) is 0 Å². The minimum Gasteiger partial charge on any atom is -0.373 e. The van der Waals surface area contributed by atoms with E-state index in [4.69, 9.17) is 13.3 Å². The van der Waals surface area contributed by atoms with Gasteiger partial charge in [0.1, 0.15) is 0 Å². The first kappa shape index (κ1) is 15.9. The lowest BCUT2D eigenvalue weighted by Gasteiger charge is -2.34. The lowest BCUT2D eigenvalue weighted by molar-refractivity contribution is 0.0639. The van der Waals surface area contributed by atoms with Crippen LogP contribution in [0.15, 0.2) is 12.2 Å². The zero-order chi connectivity index (χ0) is 13.3. The highest BCUT2D eigenvalue weighted by atomic mass is 28.4. The van der Waals surface area contributed by atoms with E-state index in [0.29, 0.717) is 25.4 Å². The third kappa shape index (κ3) is 4.50. The molecule has 0 heterocycles. The highest BCUT2D eigenvalue weighted by molar-refractivity contribution is 6.63. The molecule has 0 amide bonds. The topological polar surface area (TPSA) is 27.7 Å². The van der Waals surface area contributed by atoms with Gasteiger partial charge in [-0.1, -0.05) is 25.0 Å². The fraction of sp³-hybridized carbons (Fsp3) is 0.857. The molecular formula is C14H28O3Si. The zero-order valence-corrected chi connectivity index (χ0v) is 13.1. The Morgan fingerprint density at radius 1 is 0.944 bits per heavy atom. The second-order valence-corrected chi connectivity index (χ2v) is 7.39. The maximum Gasteiger partial charge on any atom is 0.508 e. The largest absolute Gasteiger partial charge is 0.508 e. The van der Waals surface area contributed by atoms with Crippen molar-refractivity contribution < 1.29 is 13.3 Å². The molecule has 4 heteroatoms. The van der Waals surface area contributed by atoms with E-state index in [1.54, 1.807) is 0 Å². The molecule has 18 heavy (non-hydrogen) atoms. The molecule has 1 aliphatic carbocycles. The van der Waals surface area contributed by atoms with Crippen LogP contribution in [-0.2, 0) is 13.3 Å². The molecule has 0 aliphatic heterocycles. The summed E-state index contributed by atoms with van der Waals surface area (Å²) in [6.45, 7) is 8.05. The molecule has 3 nitrogen and oxygen atoms in total. The van der Waals surface area contributed by atoms with E-state index in [9.17, 15) is 0 Å². The lowest BCUT2D eigenvalue weighted by atomic mass is 10.1. The first-order valence-electron chi connectivity index (χ1n) is 7.37. The summed E-state index contributed by atoms with van der Waals surface area (Å²) >= 11 is 0. The van der Waals surface area contributed by atoms with Crippen molar-refractivity contribution in [3.8, 4) is 0 Å². The summed E-state index contributed by atoms with van der Waals surface area (Å²) in [7, 11) is -2.54. The molecule has 1 atom stereocenters. The molecule has 0 spiro atoms. The van der Waals surface area contributed by atoms with Crippen LogP contribution in [0, 0.1) is 0 Å². The molecule has 1 aliphatic rings. The van der Waals surface area contributed by atoms with Crippen LogP contribution in [0.3, 0.4) is 0 Å². The fourth-order valence-corrected chi connectivity index (χ4v) is 5.53. The molecule has 0 aromatic rings. The Hall–Kier alpha value is -0.163. The van der Waals surface area contributed by atoms with Crippen LogP contribution in [0.25, 0.3) is 0 Å². The highest BCUT2D eigenvalue weighted by Gasteiger charge is 2.47. The maximum absolute atomic E-state index is 5.99. The molecule has 0 aromatic heterocycles. The van der Waals surface area contributed by atoms with E-state index in [0.717, 1.165) is 6.42 Å². The van der Waals surface area contributed by atoms with Gasteiger partial charge in [-0.3, -0.25) is 0 Å². The summed E-state index contributed by atoms with van der Waals surface area (Å²) in [5.74, 6) is 0. The van der Waals surface area contributed by atoms with Crippen molar-refractivity contribution >= 4 is 8.80 Å². The first-order valence-corrected chi connectivity index (χ1v) is 9.17. The summed E-state index contributed by atoms with van der Waals surface area (Å²) in [6, 6.07) is 0. The Balaban J connectivity index is 2.85. The van der Waals surface area contributed by atoms with E-state index >= 15 is 0 Å². The van der Waals surface area contributed by atoms with E-state index in [-0.39, 0.29) is 0 Å². The minimum absolute atomic E-state index is 0.331. The lowest BCUT2D eigenvalue weighted by Crippen LogP contribution is -2.50. The van der Waals surface area contributed by atoms with E-state index < -0.39 is 8.80 Å². The molecule has 0 aromatic carbocycles. The quantitative estimate of drug-likeness (QED) is 0.519. The summed E-state index contributed by atoms with van der Waals surface area (Å²) in [4.78, 5) is 0. The molecule has 1 unspecified atom stereocenters. The molecule has 0 radical (unpaired) electrons. The Kier molecular flexibility index (Phi) is 7.82. The Bertz CT molecular complexity index is 226. The average Bonchev–Trinajstić information content (AvgIpc) is 2.29. The minimum atomic E-state index is -2.54. The monoisotopic (exact) mass is 272 g/mol. The normalized spacial score (nSPS) is 23.4. The number of hydrogen-bond acceptors (Lipinski definition) is 3. The van der Waals surface area contributed by atoms with Gasteiger partial charge in [0.15, 0.2) is 0 Å². The van der Waals surface area contributed by atoms with Gasteiger partial charge >= 0.3 is 8.80 Å². The highest BCUT2D eigenvalue weighted by Crippen LogP contribution is 2.34. The van der Waals surface area contributed by atoms with Crippen LogP contribution < -0.4 is 0 Å². The predicted octanol–water partition coefficient (Wildman–Crippen LogP) is 3.93. The summed E-state index contributed by atoms with van der Waals surface area (Å²) in [5.41, 5.74) is 0.331. The van der Waals surface area contributed by atoms with Crippen molar-refractivity contribution in [2.45, 2.75) is 58.4 Å². The Morgan fingerprint density at radius 3 is 2.11 bits per heavy atom. The maximum atomic E-state index is 5.99. The van der Waals surface area contributed by atoms with Gasteiger partial charge in [0.25, 0.3) is 0 Å². The van der Waals surface area contributed by atoms with Gasteiger partial charge < -0.3 is 13.3 Å². The molecular weight excluding hydrogens is 244 g/mol. The second-order valence-electron chi connectivity index (χ2n) is 4.58. The van der Waals surface area contributed by atoms with E-state index in [2.05, 4.69) is 12.2 Å². The van der Waals surface area contributed by atoms with Crippen molar-refractivity contribution in [3.63, 3.8) is 0 Å². The van der Waals surface area contributed by atoms with Crippen molar-refractivity contribution in [2.24, 2.45) is 0 Å². The van der Waals surface area contributed by atoms with Crippen molar-refractivity contribution in [2.75, 3.05) is 19.8 Å². The third-order valence-corrected chi connectivity index (χ3v) is 6.71. The van der Waals surface area contributed by atoms with Crippen LogP contribution >= 0.6 is 0 Å². The molecule has 0 fully saturated rings. The SMILES string of the molecule is CCO[Si](OCC)(OCC)C1/C=C\CCCCC1. The van der Waals surface area contributed by atoms with Gasteiger partial charge in [-0.15, -0.1) is 0 Å². The number of hydrogen-bond donors (Lipinski definition) is 0. The van der Waals surface area contributed by atoms with Gasteiger partial charge in [-0.25, -0.2) is 0 Å². The van der Waals surface area contributed by atoms with Gasteiger partial charge in [-0.2, -0.15) is 0 Å². The van der Waals surface area contributed by atoms with Crippen LogP contribution in [0.5, 0.6) is 0 Å². The van der Waals surface area contributed by atoms with Crippen LogP contribution in [0.2, 0.25) is 5.54 Å². The van der Waals surface area contributed by atoms with Crippen molar-refractivity contribution in [1.29, 1.82) is 0 Å². The standard InChI is InChI=1S/C14H28O3Si/c1-4-15-18(16-5-2,17-6-3)14-12-10-8-7-9-11-13-14/h10,12,14H,4-9,11,13H2,1-3H3/b12-10-. The third-order valence-electron chi connectivity index (χ3n) is 3.25. The summed E-state index contributed by atoms with van der Waals surface area (Å²) in [6.07, 6.45) is 10.7. The molecule has 106 valence electrons. The predicted molar refractivity (Wildman–Crippen MR) is 76.6 cm³/mol. The summed E-state index contributed by atoms with van der Waals surface area (Å²) < 4.78 is 18.0. The van der Waals surface area contributed by atoms with Crippen LogP contribution in [0.1, 0.15) is 52.9 Å². The van der Waals surface area contributed by atoms with E-state index in [1.807, 2.05) is 20.8 Å². The van der Waals surface area contributed by atoms with Crippen molar-refractivity contribution in [1.82, 2.24) is 0 Å². The molecule has 0 saturated heterocycles. The molecule has 1 rings (SSSR count). The van der Waals surface area contributed by atoms with Crippen LogP contribution in [0.4, 0.5) is 0 Å². The fourth-order valence-electron chi connectivity index (χ4n) is 2.50. The Morgan fingerprint density at radius 2 is 1.56 bits per heavy atom. The smallest absolute Gasteiger partial charge is 0.373 e. The summed E-state index contributed by atoms with van der Waals surface area (Å²) in [5, 5.41) is 0. The second kappa shape index (κ2) is 8.86. The molecule has 0 bridgehead atoms. The van der Waals surface area contributed by atoms with Crippen molar-refractivity contribution in [3.05, 3.63) is 12.2 Å². The number of allylic oxidation sites excluding steroid dienone is 2. The Labute approximate surface area is 113 Å². The van der Waals surface area contributed by atoms with Gasteiger partial charge in [0, 0.05) is 25.4 Å². The van der Waals surface area contributed by atoms with Gasteiger partial charge in [-0.05, 0) is 40.0 Å². The van der Waals surface area contributed by atoms with Gasteiger partial charge in [0.05, 0.1) is 0 Å². The molecule has 0 N–H and O–H groups in total. The van der Waals surface area contributed by atoms with E-state index in [1.165, 1.54) is 25.7 Å². The van der Waals surface area contributed by atoms with Crippen LogP contribution in [-0.4, -0.2) is 28.6 Å². The average molecular weight is 272 g/mol.